The second-order valence-corrected chi connectivity index (χ2v) is 8.66. The average Bonchev–Trinajstić information content (AvgIpc) is 2.68. The van der Waals surface area contributed by atoms with Crippen LogP contribution in [0.5, 0.6) is 0 Å². The molecule has 0 heterocycles. The Labute approximate surface area is 186 Å². The van der Waals surface area contributed by atoms with Crippen LogP contribution in [-0.4, -0.2) is 18.3 Å². The van der Waals surface area contributed by atoms with Crippen LogP contribution in [0.1, 0.15) is 55.0 Å². The predicted molar refractivity (Wildman–Crippen MR) is 107 cm³/mol. The van der Waals surface area contributed by atoms with Crippen LogP contribution in [0.15, 0.2) is 48.5 Å². The maximum atomic E-state index is 13.2. The summed E-state index contributed by atoms with van der Waals surface area (Å²) >= 11 is 0. The summed E-state index contributed by atoms with van der Waals surface area (Å²) in [6, 6.07) is 10.5. The van der Waals surface area contributed by atoms with Crippen molar-refractivity contribution in [3.8, 4) is 0 Å². The lowest BCUT2D eigenvalue weighted by Gasteiger charge is -2.53. The molecular formula is C23H23F6NO3. The lowest BCUT2D eigenvalue weighted by atomic mass is 9.57. The highest BCUT2D eigenvalue weighted by Gasteiger charge is 2.55. The van der Waals surface area contributed by atoms with E-state index in [1.165, 1.54) is 6.92 Å². The van der Waals surface area contributed by atoms with Crippen LogP contribution in [0, 0.1) is 0 Å². The lowest BCUT2D eigenvalue weighted by Crippen LogP contribution is -2.57. The van der Waals surface area contributed by atoms with E-state index in [9.17, 15) is 31.1 Å². The molecule has 2 N–H and O–H groups in total. The molecule has 0 aromatic heterocycles. The number of benzene rings is 2. The van der Waals surface area contributed by atoms with Crippen LogP contribution in [0.3, 0.4) is 0 Å². The third kappa shape index (κ3) is 5.61. The van der Waals surface area contributed by atoms with Crippen molar-refractivity contribution < 1.29 is 40.6 Å². The Bertz CT molecular complexity index is 965. The zero-order chi connectivity index (χ0) is 24.7. The molecule has 2 aromatic rings. The summed E-state index contributed by atoms with van der Waals surface area (Å²) in [6.07, 6.45) is -11.2. The maximum absolute atomic E-state index is 13.2. The minimum Gasteiger partial charge on any atom is -0.443 e. The number of hydrogen-bond donors (Lipinski definition) is 1. The van der Waals surface area contributed by atoms with Crippen molar-refractivity contribution in [2.24, 2.45) is 5.73 Å². The molecule has 0 saturated heterocycles. The van der Waals surface area contributed by atoms with Crippen LogP contribution in [0.25, 0.3) is 0 Å². The molecule has 1 saturated carbocycles. The molecule has 4 nitrogen and oxygen atoms in total. The van der Waals surface area contributed by atoms with Crippen LogP contribution >= 0.6 is 0 Å². The molecule has 1 atom stereocenters. The summed E-state index contributed by atoms with van der Waals surface area (Å²) in [7, 11) is 0. The highest BCUT2D eigenvalue weighted by atomic mass is 19.4. The summed E-state index contributed by atoms with van der Waals surface area (Å²) < 4.78 is 90.1. The topological polar surface area (TPSA) is 61.6 Å². The first-order chi connectivity index (χ1) is 15.1. The molecule has 2 aromatic carbocycles. The molecule has 0 aliphatic heterocycles. The van der Waals surface area contributed by atoms with Gasteiger partial charge in [-0.15, -0.1) is 0 Å². The van der Waals surface area contributed by atoms with Gasteiger partial charge >= 0.3 is 18.4 Å². The SMILES string of the molecule is CC(OCC1(c2ccccc2)CC(C)(OC(N)=O)C1)c1cc(C(F)(F)F)cc(C(F)(F)F)c1. The number of amides is 1. The highest BCUT2D eigenvalue weighted by Crippen LogP contribution is 2.53. The second-order valence-electron chi connectivity index (χ2n) is 8.66. The van der Waals surface area contributed by atoms with E-state index in [2.05, 4.69) is 0 Å². The number of alkyl halides is 6. The molecule has 0 radical (unpaired) electrons. The minimum atomic E-state index is -4.94. The van der Waals surface area contributed by atoms with Crippen LogP contribution in [0.4, 0.5) is 31.1 Å². The number of hydrogen-bond acceptors (Lipinski definition) is 3. The van der Waals surface area contributed by atoms with E-state index in [1.54, 1.807) is 25.1 Å². The quantitative estimate of drug-likeness (QED) is 0.493. The van der Waals surface area contributed by atoms with Gasteiger partial charge in [-0.3, -0.25) is 0 Å². The molecule has 1 amide bonds. The van der Waals surface area contributed by atoms with Gasteiger partial charge in [0.25, 0.3) is 0 Å². The normalized spacial score (nSPS) is 24.1. The zero-order valence-electron chi connectivity index (χ0n) is 17.9. The third-order valence-electron chi connectivity index (χ3n) is 5.85. The smallest absolute Gasteiger partial charge is 0.416 e. The van der Waals surface area contributed by atoms with E-state index in [0.717, 1.165) is 5.56 Å². The molecule has 180 valence electrons. The Hall–Kier alpha value is -2.75. The van der Waals surface area contributed by atoms with Crippen molar-refractivity contribution in [3.63, 3.8) is 0 Å². The van der Waals surface area contributed by atoms with Gasteiger partial charge in [-0.05, 0) is 56.0 Å². The molecule has 33 heavy (non-hydrogen) atoms. The largest absolute Gasteiger partial charge is 0.443 e. The van der Waals surface area contributed by atoms with Gasteiger partial charge in [0.1, 0.15) is 5.60 Å². The van der Waals surface area contributed by atoms with E-state index in [-0.39, 0.29) is 18.2 Å². The van der Waals surface area contributed by atoms with E-state index < -0.39 is 46.7 Å². The highest BCUT2D eigenvalue weighted by molar-refractivity contribution is 5.65. The Morgan fingerprint density at radius 2 is 1.52 bits per heavy atom. The molecule has 3 rings (SSSR count). The molecule has 0 spiro atoms. The summed E-state index contributed by atoms with van der Waals surface area (Å²) in [5.74, 6) is 0. The average molecular weight is 475 g/mol. The fourth-order valence-electron chi connectivity index (χ4n) is 4.47. The number of halogens is 6. The summed E-state index contributed by atoms with van der Waals surface area (Å²) in [4.78, 5) is 11.2. The number of primary amides is 1. The Balaban J connectivity index is 1.86. The van der Waals surface area contributed by atoms with Gasteiger partial charge in [-0.1, -0.05) is 30.3 Å². The number of nitrogens with two attached hydrogens (primary N) is 1. The van der Waals surface area contributed by atoms with Gasteiger partial charge in [0, 0.05) is 5.41 Å². The lowest BCUT2D eigenvalue weighted by molar-refractivity contribution is -0.143. The van der Waals surface area contributed by atoms with Crippen LogP contribution in [0.2, 0.25) is 0 Å². The zero-order valence-corrected chi connectivity index (χ0v) is 17.9. The monoisotopic (exact) mass is 475 g/mol. The Kier molecular flexibility index (Phi) is 6.45. The van der Waals surface area contributed by atoms with Crippen molar-refractivity contribution in [3.05, 3.63) is 70.8 Å². The van der Waals surface area contributed by atoms with Crippen molar-refractivity contribution in [1.82, 2.24) is 0 Å². The van der Waals surface area contributed by atoms with E-state index in [1.807, 2.05) is 12.1 Å². The first-order valence-electron chi connectivity index (χ1n) is 10.1. The first kappa shape index (κ1) is 24.9. The van der Waals surface area contributed by atoms with Gasteiger partial charge in [-0.25, -0.2) is 4.79 Å². The molecule has 0 bridgehead atoms. The molecular weight excluding hydrogens is 452 g/mol. The number of carbonyl (C=O) groups excluding carboxylic acids is 1. The Morgan fingerprint density at radius 1 is 1.00 bits per heavy atom. The third-order valence-corrected chi connectivity index (χ3v) is 5.85. The maximum Gasteiger partial charge on any atom is 0.416 e. The van der Waals surface area contributed by atoms with Crippen molar-refractivity contribution in [1.29, 1.82) is 0 Å². The van der Waals surface area contributed by atoms with Gasteiger partial charge in [-0.2, -0.15) is 26.3 Å². The van der Waals surface area contributed by atoms with Crippen molar-refractivity contribution >= 4 is 6.09 Å². The van der Waals surface area contributed by atoms with Crippen LogP contribution in [-0.2, 0) is 27.2 Å². The number of carbonyl (C=O) groups is 1. The molecule has 1 aliphatic carbocycles. The number of ether oxygens (including phenoxy) is 2. The molecule has 1 aliphatic rings. The second kappa shape index (κ2) is 8.55. The Morgan fingerprint density at radius 3 is 1.97 bits per heavy atom. The molecule has 10 heteroatoms. The first-order valence-corrected chi connectivity index (χ1v) is 10.1. The van der Waals surface area contributed by atoms with E-state index >= 15 is 0 Å². The van der Waals surface area contributed by atoms with Gasteiger partial charge in [0.05, 0.1) is 23.8 Å². The predicted octanol–water partition coefficient (Wildman–Crippen LogP) is 6.39. The van der Waals surface area contributed by atoms with Crippen molar-refractivity contribution in [2.75, 3.05) is 6.61 Å². The van der Waals surface area contributed by atoms with Gasteiger partial charge in [0.15, 0.2) is 0 Å². The fourth-order valence-corrected chi connectivity index (χ4v) is 4.47. The van der Waals surface area contributed by atoms with Gasteiger partial charge in [0.2, 0.25) is 0 Å². The standard InChI is InChI=1S/C23H23F6NO3/c1-14(15-8-17(22(24,25)26)10-18(9-15)23(27,28)29)32-13-21(16-6-4-3-5-7-16)11-20(2,12-21)33-19(30)31/h3-10,14H,11-13H2,1-2H3,(H2,30,31). The number of rotatable bonds is 6. The molecule has 1 unspecified atom stereocenters. The van der Waals surface area contributed by atoms with Crippen molar-refractivity contribution in [2.45, 2.75) is 56.2 Å². The van der Waals surface area contributed by atoms with Crippen LogP contribution < -0.4 is 5.73 Å². The van der Waals surface area contributed by atoms with E-state index in [0.29, 0.717) is 25.0 Å². The fraction of sp³-hybridized carbons (Fsp3) is 0.435. The van der Waals surface area contributed by atoms with Gasteiger partial charge < -0.3 is 15.2 Å². The molecule has 1 fully saturated rings. The summed E-state index contributed by atoms with van der Waals surface area (Å²) in [6.45, 7) is 3.09. The van der Waals surface area contributed by atoms with E-state index in [4.69, 9.17) is 15.2 Å². The summed E-state index contributed by atoms with van der Waals surface area (Å²) in [5, 5.41) is 0. The minimum absolute atomic E-state index is 0.00646. The summed E-state index contributed by atoms with van der Waals surface area (Å²) in [5.41, 5.74) is 1.45.